The molecule has 0 bridgehead atoms. The third-order valence-corrected chi connectivity index (χ3v) is 2.50. The van der Waals surface area contributed by atoms with E-state index < -0.39 is 37.0 Å². The Kier molecular flexibility index (Phi) is 2.74. The molecule has 2 heterocycles. The van der Waals surface area contributed by atoms with E-state index in [2.05, 4.69) is 0 Å². The minimum absolute atomic E-state index is 0.362. The molecule has 0 saturated carbocycles. The van der Waals surface area contributed by atoms with Crippen molar-refractivity contribution in [3.05, 3.63) is 0 Å². The van der Waals surface area contributed by atoms with Gasteiger partial charge in [-0.1, -0.05) is 0 Å². The summed E-state index contributed by atoms with van der Waals surface area (Å²) in [6, 6.07) is 0. The summed E-state index contributed by atoms with van der Waals surface area (Å²) in [6.45, 7) is 1.31. The van der Waals surface area contributed by atoms with Gasteiger partial charge in [-0.15, -0.1) is 0 Å². The number of ether oxygens (including phenoxy) is 3. The van der Waals surface area contributed by atoms with Crippen molar-refractivity contribution in [1.29, 1.82) is 0 Å². The molecule has 0 spiro atoms. The van der Waals surface area contributed by atoms with Crippen LogP contribution in [0, 0.1) is 0 Å². The molecule has 6 atom stereocenters. The summed E-state index contributed by atoms with van der Waals surface area (Å²) in [7, 11) is 0. The summed E-state index contributed by atoms with van der Waals surface area (Å²) < 4.78 is 15.6. The molecule has 6 nitrogen and oxygen atoms in total. The van der Waals surface area contributed by atoms with Crippen LogP contribution >= 0.6 is 0 Å². The smallest absolute Gasteiger partial charge is 0.190 e. The minimum atomic E-state index is -1.14. The Balaban J connectivity index is 2.09. The molecule has 2 saturated heterocycles. The zero-order valence-electron chi connectivity index (χ0n) is 7.74. The van der Waals surface area contributed by atoms with Crippen LogP contribution in [-0.2, 0) is 14.2 Å². The average Bonchev–Trinajstić information content (AvgIpc) is 2.52. The predicted octanol–water partition coefficient (Wildman–Crippen LogP) is -1.81. The maximum absolute atomic E-state index is 9.62. The number of fused-ring (bicyclic) bond motifs is 1. The van der Waals surface area contributed by atoms with Gasteiger partial charge in [0.2, 0.25) is 0 Å². The average molecular weight is 206 g/mol. The Morgan fingerprint density at radius 3 is 2.43 bits per heavy atom. The molecular weight excluding hydrogens is 192 g/mol. The van der Waals surface area contributed by atoms with Gasteiger partial charge in [-0.3, -0.25) is 0 Å². The van der Waals surface area contributed by atoms with Crippen molar-refractivity contribution < 1.29 is 29.5 Å². The van der Waals surface area contributed by atoms with Crippen molar-refractivity contribution in [2.24, 2.45) is 0 Å². The molecule has 0 aromatic rings. The van der Waals surface area contributed by atoms with Crippen LogP contribution < -0.4 is 0 Å². The maximum Gasteiger partial charge on any atom is 0.190 e. The van der Waals surface area contributed by atoms with Crippen LogP contribution in [0.25, 0.3) is 0 Å². The lowest BCUT2D eigenvalue weighted by Crippen LogP contribution is -2.57. The molecule has 0 aliphatic carbocycles. The molecule has 0 unspecified atom stereocenters. The van der Waals surface area contributed by atoms with Gasteiger partial charge in [-0.25, -0.2) is 0 Å². The van der Waals surface area contributed by atoms with E-state index in [4.69, 9.17) is 19.3 Å². The lowest BCUT2D eigenvalue weighted by atomic mass is 9.99. The first-order chi connectivity index (χ1) is 6.63. The van der Waals surface area contributed by atoms with Gasteiger partial charge in [0.1, 0.15) is 24.4 Å². The fraction of sp³-hybridized carbons (Fsp3) is 1.00. The molecule has 2 aliphatic heterocycles. The fourth-order valence-corrected chi connectivity index (χ4v) is 1.75. The number of rotatable bonds is 1. The van der Waals surface area contributed by atoms with Gasteiger partial charge in [0.15, 0.2) is 12.6 Å². The van der Waals surface area contributed by atoms with Crippen LogP contribution in [-0.4, -0.2) is 58.9 Å². The molecule has 14 heavy (non-hydrogen) atoms. The van der Waals surface area contributed by atoms with E-state index in [9.17, 15) is 10.2 Å². The molecule has 2 fully saturated rings. The summed E-state index contributed by atoms with van der Waals surface area (Å²) >= 11 is 0. The van der Waals surface area contributed by atoms with Crippen LogP contribution in [0.2, 0.25) is 0 Å². The van der Waals surface area contributed by atoms with E-state index in [1.54, 1.807) is 6.92 Å². The summed E-state index contributed by atoms with van der Waals surface area (Å²) in [5, 5.41) is 28.0. The van der Waals surface area contributed by atoms with Crippen LogP contribution in [0.15, 0.2) is 0 Å². The molecule has 82 valence electrons. The molecule has 0 aromatic heterocycles. The molecule has 2 aliphatic rings. The van der Waals surface area contributed by atoms with Gasteiger partial charge in [0.05, 0.1) is 6.61 Å². The largest absolute Gasteiger partial charge is 0.394 e. The Labute approximate surface area is 81.0 Å². The van der Waals surface area contributed by atoms with Gasteiger partial charge < -0.3 is 29.5 Å². The third kappa shape index (κ3) is 1.54. The van der Waals surface area contributed by atoms with E-state index in [0.717, 1.165) is 0 Å². The van der Waals surface area contributed by atoms with E-state index in [0.29, 0.717) is 0 Å². The molecule has 2 rings (SSSR count). The first kappa shape index (κ1) is 10.3. The van der Waals surface area contributed by atoms with Crippen LogP contribution in [0.5, 0.6) is 0 Å². The molecule has 0 radical (unpaired) electrons. The standard InChI is InChI=1S/C8H14O6/c1-3-12-7-6(11)5(10)4(2-9)14-8(7)13-3/h3-11H,2H2,1H3/t3-,4-,5-,6+,7+,8-/m1/s1. The van der Waals surface area contributed by atoms with Crippen molar-refractivity contribution in [3.63, 3.8) is 0 Å². The number of hydrogen-bond donors (Lipinski definition) is 3. The Bertz CT molecular complexity index is 208. The van der Waals surface area contributed by atoms with Crippen molar-refractivity contribution in [1.82, 2.24) is 0 Å². The van der Waals surface area contributed by atoms with E-state index in [1.165, 1.54) is 0 Å². The summed E-state index contributed by atoms with van der Waals surface area (Å²) in [5.74, 6) is 0. The summed E-state index contributed by atoms with van der Waals surface area (Å²) in [4.78, 5) is 0. The van der Waals surface area contributed by atoms with E-state index >= 15 is 0 Å². The highest BCUT2D eigenvalue weighted by molar-refractivity contribution is 4.91. The molecule has 3 N–H and O–H groups in total. The van der Waals surface area contributed by atoms with Gasteiger partial charge in [0.25, 0.3) is 0 Å². The quantitative estimate of drug-likeness (QED) is 0.468. The van der Waals surface area contributed by atoms with E-state index in [1.807, 2.05) is 0 Å². The Hall–Kier alpha value is -0.240. The molecule has 0 aromatic carbocycles. The van der Waals surface area contributed by atoms with E-state index in [-0.39, 0.29) is 6.61 Å². The first-order valence-corrected chi connectivity index (χ1v) is 4.57. The summed E-state index contributed by atoms with van der Waals surface area (Å²) in [6.07, 6.45) is -4.90. The highest BCUT2D eigenvalue weighted by atomic mass is 16.8. The van der Waals surface area contributed by atoms with Crippen LogP contribution in [0.3, 0.4) is 0 Å². The SMILES string of the molecule is C[C@H]1O[C@@H]2O[C@H](CO)[C@@H](O)[C@H](O)[C@@H]2O1. The van der Waals surface area contributed by atoms with Crippen molar-refractivity contribution in [2.45, 2.75) is 43.9 Å². The molecule has 6 heteroatoms. The third-order valence-electron chi connectivity index (χ3n) is 2.50. The topological polar surface area (TPSA) is 88.4 Å². The zero-order valence-corrected chi connectivity index (χ0v) is 7.74. The van der Waals surface area contributed by atoms with Gasteiger partial charge >= 0.3 is 0 Å². The predicted molar refractivity (Wildman–Crippen MR) is 43.2 cm³/mol. The van der Waals surface area contributed by atoms with Gasteiger partial charge in [-0.2, -0.15) is 0 Å². The van der Waals surface area contributed by atoms with Crippen LogP contribution in [0.1, 0.15) is 6.92 Å². The lowest BCUT2D eigenvalue weighted by molar-refractivity contribution is -0.252. The maximum atomic E-state index is 9.62. The highest BCUT2D eigenvalue weighted by Crippen LogP contribution is 2.30. The van der Waals surface area contributed by atoms with Crippen molar-refractivity contribution >= 4 is 0 Å². The summed E-state index contributed by atoms with van der Waals surface area (Å²) in [5.41, 5.74) is 0. The first-order valence-electron chi connectivity index (χ1n) is 4.57. The number of hydrogen-bond acceptors (Lipinski definition) is 6. The fourth-order valence-electron chi connectivity index (χ4n) is 1.75. The highest BCUT2D eigenvalue weighted by Gasteiger charge is 2.50. The zero-order chi connectivity index (χ0) is 10.3. The monoisotopic (exact) mass is 206 g/mol. The van der Waals surface area contributed by atoms with Crippen LogP contribution in [0.4, 0.5) is 0 Å². The lowest BCUT2D eigenvalue weighted by Gasteiger charge is -2.36. The van der Waals surface area contributed by atoms with Gasteiger partial charge in [-0.05, 0) is 6.92 Å². The second-order valence-corrected chi connectivity index (χ2v) is 3.51. The molecule has 0 amide bonds. The number of aliphatic hydroxyl groups excluding tert-OH is 3. The van der Waals surface area contributed by atoms with Crippen molar-refractivity contribution in [2.75, 3.05) is 6.61 Å². The number of aliphatic hydroxyl groups is 3. The van der Waals surface area contributed by atoms with Gasteiger partial charge in [0, 0.05) is 0 Å². The normalized spacial score (nSPS) is 53.1. The molecular formula is C8H14O6. The van der Waals surface area contributed by atoms with Crippen molar-refractivity contribution in [3.8, 4) is 0 Å². The minimum Gasteiger partial charge on any atom is -0.394 e. The second-order valence-electron chi connectivity index (χ2n) is 3.51. The Morgan fingerprint density at radius 1 is 1.07 bits per heavy atom. The second kappa shape index (κ2) is 3.73. The Morgan fingerprint density at radius 2 is 1.79 bits per heavy atom.